The number of amides is 1. The number of rotatable bonds is 4. The van der Waals surface area contributed by atoms with Crippen LogP contribution >= 0.6 is 0 Å². The summed E-state index contributed by atoms with van der Waals surface area (Å²) in [6.45, 7) is 5.90. The number of nitrogens with one attached hydrogen (secondary N) is 1. The summed E-state index contributed by atoms with van der Waals surface area (Å²) in [7, 11) is 1.73. The van der Waals surface area contributed by atoms with Crippen LogP contribution < -0.4 is 0 Å². The van der Waals surface area contributed by atoms with Gasteiger partial charge in [-0.15, -0.1) is 0 Å². The lowest BCUT2D eigenvalue weighted by molar-refractivity contribution is -0.126. The molecular formula is C24H25FN2O2. The predicted octanol–water partition coefficient (Wildman–Crippen LogP) is 5.06. The monoisotopic (exact) mass is 392 g/mol. The van der Waals surface area contributed by atoms with Crippen molar-refractivity contribution in [2.75, 3.05) is 7.05 Å². The third kappa shape index (κ3) is 3.01. The van der Waals surface area contributed by atoms with E-state index in [0.29, 0.717) is 5.57 Å². The van der Waals surface area contributed by atoms with Gasteiger partial charge in [0, 0.05) is 23.6 Å². The highest BCUT2D eigenvalue weighted by atomic mass is 19.1. The number of aliphatic hydroxyl groups is 1. The highest BCUT2D eigenvalue weighted by Crippen LogP contribution is 2.42. The Hall–Kier alpha value is -3.08. The summed E-state index contributed by atoms with van der Waals surface area (Å²) in [5.41, 5.74) is 3.75. The van der Waals surface area contributed by atoms with Gasteiger partial charge < -0.3 is 15.0 Å². The molecule has 2 aromatic carbocycles. The van der Waals surface area contributed by atoms with Gasteiger partial charge >= 0.3 is 0 Å². The molecule has 0 spiro atoms. The molecule has 4 rings (SSSR count). The van der Waals surface area contributed by atoms with Gasteiger partial charge in [-0.2, -0.15) is 0 Å². The van der Waals surface area contributed by atoms with Gasteiger partial charge in [0.05, 0.1) is 17.5 Å². The van der Waals surface area contributed by atoms with Crippen LogP contribution in [0.15, 0.2) is 59.9 Å². The maximum atomic E-state index is 13.8. The van der Waals surface area contributed by atoms with E-state index < -0.39 is 5.92 Å². The molecule has 0 saturated carbocycles. The van der Waals surface area contributed by atoms with Crippen molar-refractivity contribution in [2.45, 2.75) is 32.7 Å². The molecule has 1 aromatic heterocycles. The van der Waals surface area contributed by atoms with E-state index in [0.717, 1.165) is 27.7 Å². The molecule has 2 N–H and O–H groups in total. The van der Waals surface area contributed by atoms with Crippen molar-refractivity contribution in [1.29, 1.82) is 0 Å². The lowest BCUT2D eigenvalue weighted by Gasteiger charge is -2.23. The second-order valence-electron chi connectivity index (χ2n) is 8.10. The Labute approximate surface area is 169 Å². The number of carbonyl (C=O) groups excluding carboxylic acids is 1. The van der Waals surface area contributed by atoms with Crippen molar-refractivity contribution >= 4 is 16.8 Å². The Kier molecular flexibility index (Phi) is 4.69. The van der Waals surface area contributed by atoms with Crippen molar-refractivity contribution in [3.63, 3.8) is 0 Å². The van der Waals surface area contributed by atoms with Crippen molar-refractivity contribution in [2.24, 2.45) is 5.92 Å². The van der Waals surface area contributed by atoms with Gasteiger partial charge in [0.2, 0.25) is 0 Å². The van der Waals surface area contributed by atoms with E-state index in [1.165, 1.54) is 12.1 Å². The third-order valence-electron chi connectivity index (χ3n) is 5.92. The number of benzene rings is 2. The molecule has 0 saturated heterocycles. The number of aliphatic hydroxyl groups excluding tert-OH is 1. The summed E-state index contributed by atoms with van der Waals surface area (Å²) < 4.78 is 13.8. The van der Waals surface area contributed by atoms with Crippen molar-refractivity contribution < 1.29 is 14.3 Å². The third-order valence-corrected chi connectivity index (χ3v) is 5.92. The van der Waals surface area contributed by atoms with Gasteiger partial charge in [0.1, 0.15) is 11.6 Å². The van der Waals surface area contributed by atoms with Crippen LogP contribution in [-0.2, 0) is 4.79 Å². The Balaban J connectivity index is 1.98. The molecule has 2 heterocycles. The highest BCUT2D eigenvalue weighted by molar-refractivity contribution is 6.00. The maximum Gasteiger partial charge on any atom is 0.254 e. The molecule has 150 valence electrons. The number of hydrogen-bond acceptors (Lipinski definition) is 2. The number of aryl methyl sites for hydroxylation is 1. The molecule has 2 atom stereocenters. The number of nitrogens with zero attached hydrogens (tertiary/aromatic N) is 1. The van der Waals surface area contributed by atoms with E-state index in [2.05, 4.69) is 4.98 Å². The number of carbonyl (C=O) groups is 1. The minimum absolute atomic E-state index is 0.0794. The molecular weight excluding hydrogens is 367 g/mol. The zero-order valence-corrected chi connectivity index (χ0v) is 17.0. The fourth-order valence-electron chi connectivity index (χ4n) is 4.53. The van der Waals surface area contributed by atoms with Crippen molar-refractivity contribution in [3.05, 3.63) is 82.5 Å². The molecule has 0 radical (unpaired) electrons. The molecule has 5 heteroatoms. The Morgan fingerprint density at radius 3 is 2.45 bits per heavy atom. The maximum absolute atomic E-state index is 13.8. The van der Waals surface area contributed by atoms with Crippen LogP contribution in [0.3, 0.4) is 0 Å². The van der Waals surface area contributed by atoms with Crippen molar-refractivity contribution in [1.82, 2.24) is 9.88 Å². The number of aromatic amines is 1. The van der Waals surface area contributed by atoms with Gasteiger partial charge in [-0.25, -0.2) is 4.39 Å². The molecule has 0 fully saturated rings. The average Bonchev–Trinajstić information content (AvgIpc) is 3.12. The number of hydrogen-bond donors (Lipinski definition) is 2. The first-order valence-electron chi connectivity index (χ1n) is 9.84. The topological polar surface area (TPSA) is 56.3 Å². The van der Waals surface area contributed by atoms with Crippen LogP contribution in [0, 0.1) is 18.7 Å². The lowest BCUT2D eigenvalue weighted by Crippen LogP contribution is -2.35. The summed E-state index contributed by atoms with van der Waals surface area (Å²) in [5.74, 6) is -0.757. The van der Waals surface area contributed by atoms with Crippen LogP contribution in [0.5, 0.6) is 0 Å². The number of H-pyrrole nitrogens is 1. The molecule has 4 nitrogen and oxygen atoms in total. The quantitative estimate of drug-likeness (QED) is 0.652. The summed E-state index contributed by atoms with van der Waals surface area (Å²) in [4.78, 5) is 18.2. The number of halogens is 1. The van der Waals surface area contributed by atoms with E-state index in [1.54, 1.807) is 18.0 Å². The summed E-state index contributed by atoms with van der Waals surface area (Å²) in [5, 5.41) is 11.9. The number of aromatic nitrogens is 1. The van der Waals surface area contributed by atoms with Crippen LogP contribution in [0.4, 0.5) is 4.39 Å². The molecule has 1 aliphatic rings. The SMILES string of the molecule is Cc1c(C(C2=C(O)C(C(C)C)N(C)C2=O)c2ccccc2)[nH]c2ccc(F)cc12. The smallest absolute Gasteiger partial charge is 0.254 e. The largest absolute Gasteiger partial charge is 0.510 e. The molecule has 1 amide bonds. The second-order valence-corrected chi connectivity index (χ2v) is 8.10. The highest BCUT2D eigenvalue weighted by Gasteiger charge is 2.43. The molecule has 0 aliphatic carbocycles. The lowest BCUT2D eigenvalue weighted by atomic mass is 9.85. The van der Waals surface area contributed by atoms with E-state index in [1.807, 2.05) is 51.1 Å². The van der Waals surface area contributed by atoms with Crippen molar-refractivity contribution in [3.8, 4) is 0 Å². The van der Waals surface area contributed by atoms with E-state index in [-0.39, 0.29) is 29.4 Å². The predicted molar refractivity (Wildman–Crippen MR) is 112 cm³/mol. The zero-order chi connectivity index (χ0) is 20.9. The molecule has 29 heavy (non-hydrogen) atoms. The Morgan fingerprint density at radius 2 is 1.83 bits per heavy atom. The molecule has 1 aliphatic heterocycles. The normalized spacial score (nSPS) is 18.3. The fraction of sp³-hybridized carbons (Fsp3) is 0.292. The van der Waals surface area contributed by atoms with Crippen LogP contribution in [0.25, 0.3) is 10.9 Å². The van der Waals surface area contributed by atoms with Crippen LogP contribution in [-0.4, -0.2) is 34.0 Å². The molecule has 2 unspecified atom stereocenters. The number of likely N-dealkylation sites (N-methyl/N-ethyl adjacent to an activating group) is 1. The minimum Gasteiger partial charge on any atom is -0.510 e. The first-order chi connectivity index (χ1) is 13.8. The van der Waals surface area contributed by atoms with Gasteiger partial charge in [0.15, 0.2) is 0 Å². The molecule has 3 aromatic rings. The van der Waals surface area contributed by atoms with Crippen LogP contribution in [0.1, 0.15) is 36.6 Å². The van der Waals surface area contributed by atoms with Gasteiger partial charge in [-0.05, 0) is 42.2 Å². The Bertz CT molecular complexity index is 1110. The van der Waals surface area contributed by atoms with E-state index in [9.17, 15) is 14.3 Å². The van der Waals surface area contributed by atoms with E-state index >= 15 is 0 Å². The van der Waals surface area contributed by atoms with Gasteiger partial charge in [-0.1, -0.05) is 44.2 Å². The standard InChI is InChI=1S/C24H25FN2O2/c1-13(2)22-23(28)20(24(29)27(22)4)19(15-8-6-5-7-9-15)21-14(3)17-12-16(25)10-11-18(17)26-21/h5-13,19,22,26,28H,1-4H3. The van der Waals surface area contributed by atoms with Gasteiger partial charge in [-0.3, -0.25) is 4.79 Å². The second kappa shape index (κ2) is 7.07. The Morgan fingerprint density at radius 1 is 1.14 bits per heavy atom. The first kappa shape index (κ1) is 19.2. The summed E-state index contributed by atoms with van der Waals surface area (Å²) in [6.07, 6.45) is 0. The fourth-order valence-corrected chi connectivity index (χ4v) is 4.53. The summed E-state index contributed by atoms with van der Waals surface area (Å²) in [6, 6.07) is 13.9. The minimum atomic E-state index is -0.467. The zero-order valence-electron chi connectivity index (χ0n) is 17.0. The van der Waals surface area contributed by atoms with Gasteiger partial charge in [0.25, 0.3) is 5.91 Å². The number of fused-ring (bicyclic) bond motifs is 1. The van der Waals surface area contributed by atoms with Crippen LogP contribution in [0.2, 0.25) is 0 Å². The van der Waals surface area contributed by atoms with E-state index in [4.69, 9.17) is 0 Å². The summed E-state index contributed by atoms with van der Waals surface area (Å²) >= 11 is 0. The first-order valence-corrected chi connectivity index (χ1v) is 9.84. The average molecular weight is 392 g/mol. The molecule has 0 bridgehead atoms.